The van der Waals surface area contributed by atoms with E-state index >= 15 is 0 Å². The average molecular weight is 234 g/mol. The topological polar surface area (TPSA) is 79.9 Å². The van der Waals surface area contributed by atoms with Crippen LogP contribution < -0.4 is 4.74 Å². The van der Waals surface area contributed by atoms with E-state index in [1.165, 1.54) is 13.2 Å². The number of ether oxygens (including phenoxy) is 1. The molecule has 0 spiro atoms. The number of benzene rings is 1. The zero-order valence-electron chi connectivity index (χ0n) is 9.01. The predicted molar refractivity (Wildman–Crippen MR) is 61.1 cm³/mol. The SMILES string of the molecule is COc1c(O)oc2ccc(C=CC(=O)O)cc12. The van der Waals surface area contributed by atoms with Crippen molar-refractivity contribution in [3.63, 3.8) is 0 Å². The number of fused-ring (bicyclic) bond motifs is 1. The number of aliphatic carboxylic acids is 1. The maximum Gasteiger partial charge on any atom is 0.328 e. The standard InChI is InChI=1S/C12H10O5/c1-16-11-8-6-7(3-5-10(13)14)2-4-9(8)17-12(11)15/h2-6,15H,1H3,(H,13,14). The first-order valence-electron chi connectivity index (χ1n) is 4.82. The van der Waals surface area contributed by atoms with Gasteiger partial charge in [0.1, 0.15) is 5.58 Å². The van der Waals surface area contributed by atoms with E-state index in [1.807, 2.05) is 0 Å². The van der Waals surface area contributed by atoms with Crippen LogP contribution in [-0.4, -0.2) is 23.3 Å². The third-order valence-electron chi connectivity index (χ3n) is 2.27. The van der Waals surface area contributed by atoms with Crippen LogP contribution in [0.5, 0.6) is 11.7 Å². The summed E-state index contributed by atoms with van der Waals surface area (Å²) in [6, 6.07) is 5.00. The molecule has 0 atom stereocenters. The van der Waals surface area contributed by atoms with Gasteiger partial charge in [-0.2, -0.15) is 0 Å². The summed E-state index contributed by atoms with van der Waals surface area (Å²) in [7, 11) is 1.42. The molecule has 2 aromatic rings. The van der Waals surface area contributed by atoms with Crippen LogP contribution in [0.2, 0.25) is 0 Å². The Morgan fingerprint density at radius 2 is 2.24 bits per heavy atom. The van der Waals surface area contributed by atoms with Gasteiger partial charge >= 0.3 is 11.9 Å². The molecule has 0 aliphatic rings. The average Bonchev–Trinajstić information content (AvgIpc) is 2.61. The Bertz CT molecular complexity index is 594. The first kappa shape index (κ1) is 11.1. The number of carboxylic acids is 1. The van der Waals surface area contributed by atoms with Gasteiger partial charge in [-0.1, -0.05) is 6.07 Å². The molecule has 2 rings (SSSR count). The molecule has 0 fully saturated rings. The van der Waals surface area contributed by atoms with E-state index in [1.54, 1.807) is 18.2 Å². The van der Waals surface area contributed by atoms with Crippen molar-refractivity contribution >= 4 is 23.0 Å². The second kappa shape index (κ2) is 4.21. The molecule has 1 heterocycles. The molecule has 0 aliphatic heterocycles. The first-order chi connectivity index (χ1) is 8.11. The molecule has 0 bridgehead atoms. The molecule has 5 nitrogen and oxygen atoms in total. The quantitative estimate of drug-likeness (QED) is 0.796. The van der Waals surface area contributed by atoms with Gasteiger partial charge in [0.05, 0.1) is 12.5 Å². The van der Waals surface area contributed by atoms with E-state index in [2.05, 4.69) is 0 Å². The second-order valence-corrected chi connectivity index (χ2v) is 3.37. The number of methoxy groups -OCH3 is 1. The van der Waals surface area contributed by atoms with Gasteiger partial charge < -0.3 is 19.4 Å². The van der Waals surface area contributed by atoms with Gasteiger partial charge in [-0.25, -0.2) is 4.79 Å². The summed E-state index contributed by atoms with van der Waals surface area (Å²) in [5.74, 6) is -1.07. The Hall–Kier alpha value is -2.43. The monoisotopic (exact) mass is 234 g/mol. The minimum absolute atomic E-state index is 0.241. The highest BCUT2D eigenvalue weighted by molar-refractivity contribution is 5.90. The van der Waals surface area contributed by atoms with Crippen molar-refractivity contribution in [1.29, 1.82) is 0 Å². The van der Waals surface area contributed by atoms with Gasteiger partial charge in [-0.3, -0.25) is 0 Å². The van der Waals surface area contributed by atoms with Crippen LogP contribution in [0.15, 0.2) is 28.7 Å². The molecule has 0 radical (unpaired) electrons. The summed E-state index contributed by atoms with van der Waals surface area (Å²) in [6.07, 6.45) is 2.48. The van der Waals surface area contributed by atoms with Crippen LogP contribution in [0.4, 0.5) is 0 Å². The van der Waals surface area contributed by atoms with Gasteiger partial charge in [-0.15, -0.1) is 0 Å². The second-order valence-electron chi connectivity index (χ2n) is 3.37. The molecule has 0 aliphatic carbocycles. The number of rotatable bonds is 3. The highest BCUT2D eigenvalue weighted by Gasteiger charge is 2.13. The number of hydrogen-bond acceptors (Lipinski definition) is 4. The van der Waals surface area contributed by atoms with Gasteiger partial charge in [0.25, 0.3) is 0 Å². The van der Waals surface area contributed by atoms with E-state index in [0.717, 1.165) is 6.08 Å². The highest BCUT2D eigenvalue weighted by atomic mass is 16.5. The minimum atomic E-state index is -1.02. The lowest BCUT2D eigenvalue weighted by Gasteiger charge is -1.96. The molecule has 0 saturated carbocycles. The van der Waals surface area contributed by atoms with Crippen LogP contribution in [-0.2, 0) is 4.79 Å². The summed E-state index contributed by atoms with van der Waals surface area (Å²) in [5.41, 5.74) is 1.16. The Morgan fingerprint density at radius 3 is 2.88 bits per heavy atom. The van der Waals surface area contributed by atoms with Gasteiger partial charge in [0.15, 0.2) is 0 Å². The van der Waals surface area contributed by atoms with Gasteiger partial charge in [-0.05, 0) is 23.8 Å². The van der Waals surface area contributed by atoms with E-state index in [9.17, 15) is 9.90 Å². The number of carboxylic acid groups (broad SMARTS) is 1. The van der Waals surface area contributed by atoms with Crippen LogP contribution in [0, 0.1) is 0 Å². The van der Waals surface area contributed by atoms with Crippen molar-refractivity contribution in [3.8, 4) is 11.7 Å². The zero-order chi connectivity index (χ0) is 12.4. The highest BCUT2D eigenvalue weighted by Crippen LogP contribution is 2.38. The fraction of sp³-hybridized carbons (Fsp3) is 0.0833. The van der Waals surface area contributed by atoms with Crippen molar-refractivity contribution in [2.45, 2.75) is 0 Å². The Balaban J connectivity index is 2.52. The van der Waals surface area contributed by atoms with E-state index < -0.39 is 5.97 Å². The third-order valence-corrected chi connectivity index (χ3v) is 2.27. The summed E-state index contributed by atoms with van der Waals surface area (Å²) >= 11 is 0. The largest absolute Gasteiger partial charge is 0.489 e. The molecule has 5 heteroatoms. The Kier molecular flexibility index (Phi) is 2.74. The molecule has 2 N–H and O–H groups in total. The summed E-state index contributed by atoms with van der Waals surface area (Å²) in [6.45, 7) is 0. The minimum Gasteiger partial charge on any atom is -0.489 e. The number of carbonyl (C=O) groups is 1. The lowest BCUT2D eigenvalue weighted by molar-refractivity contribution is -0.131. The maximum absolute atomic E-state index is 10.4. The zero-order valence-corrected chi connectivity index (χ0v) is 9.01. The van der Waals surface area contributed by atoms with Crippen molar-refractivity contribution in [3.05, 3.63) is 29.8 Å². The molecule has 0 amide bonds. The smallest absolute Gasteiger partial charge is 0.328 e. The first-order valence-corrected chi connectivity index (χ1v) is 4.82. The van der Waals surface area contributed by atoms with Crippen LogP contribution in [0.1, 0.15) is 5.56 Å². The van der Waals surface area contributed by atoms with Gasteiger partial charge in [0, 0.05) is 6.08 Å². The number of hydrogen-bond donors (Lipinski definition) is 2. The van der Waals surface area contributed by atoms with Crippen molar-refractivity contribution in [1.82, 2.24) is 0 Å². The number of aromatic hydroxyl groups is 1. The van der Waals surface area contributed by atoms with Gasteiger partial charge in [0.2, 0.25) is 5.75 Å². The Labute approximate surface area is 96.5 Å². The molecule has 17 heavy (non-hydrogen) atoms. The third kappa shape index (κ3) is 2.08. The molecular formula is C12H10O5. The van der Waals surface area contributed by atoms with Crippen molar-refractivity contribution < 1.29 is 24.2 Å². The maximum atomic E-state index is 10.4. The molecule has 0 unspecified atom stereocenters. The Morgan fingerprint density at radius 1 is 1.47 bits per heavy atom. The lowest BCUT2D eigenvalue weighted by Crippen LogP contribution is -1.85. The summed E-state index contributed by atoms with van der Waals surface area (Å²) in [5, 5.41) is 18.6. The predicted octanol–water partition coefficient (Wildman–Crippen LogP) is 2.24. The fourth-order valence-corrected chi connectivity index (χ4v) is 1.55. The molecule has 1 aromatic carbocycles. The van der Waals surface area contributed by atoms with Crippen molar-refractivity contribution in [2.24, 2.45) is 0 Å². The van der Waals surface area contributed by atoms with E-state index in [0.29, 0.717) is 16.5 Å². The molecule has 88 valence electrons. The van der Waals surface area contributed by atoms with Crippen LogP contribution >= 0.6 is 0 Å². The summed E-state index contributed by atoms with van der Waals surface area (Å²) < 4.78 is 10.1. The van der Waals surface area contributed by atoms with E-state index in [4.69, 9.17) is 14.3 Å². The lowest BCUT2D eigenvalue weighted by atomic mass is 10.1. The summed E-state index contributed by atoms with van der Waals surface area (Å²) in [4.78, 5) is 10.4. The van der Waals surface area contributed by atoms with Crippen molar-refractivity contribution in [2.75, 3.05) is 7.11 Å². The van der Waals surface area contributed by atoms with E-state index in [-0.39, 0.29) is 11.7 Å². The number of furan rings is 1. The molecular weight excluding hydrogens is 224 g/mol. The molecule has 1 aromatic heterocycles. The fourth-order valence-electron chi connectivity index (χ4n) is 1.55. The van der Waals surface area contributed by atoms with Crippen LogP contribution in [0.3, 0.4) is 0 Å². The molecule has 0 saturated heterocycles. The normalized spacial score (nSPS) is 11.1. The van der Waals surface area contributed by atoms with Crippen LogP contribution in [0.25, 0.3) is 17.0 Å².